The second-order valence-corrected chi connectivity index (χ2v) is 8.08. The number of hydrogen-bond donors (Lipinski definition) is 1. The van der Waals surface area contributed by atoms with Gasteiger partial charge < -0.3 is 10.1 Å². The van der Waals surface area contributed by atoms with Crippen molar-refractivity contribution in [1.82, 2.24) is 10.2 Å². The quantitative estimate of drug-likeness (QED) is 0.802. The molecular formula is C17H34N2O. The average molecular weight is 282 g/mol. The van der Waals surface area contributed by atoms with Gasteiger partial charge in [0, 0.05) is 31.2 Å². The molecule has 1 saturated carbocycles. The van der Waals surface area contributed by atoms with Crippen LogP contribution in [0, 0.1) is 5.41 Å². The first kappa shape index (κ1) is 16.3. The van der Waals surface area contributed by atoms with Crippen LogP contribution in [0.4, 0.5) is 0 Å². The van der Waals surface area contributed by atoms with Crippen molar-refractivity contribution in [1.29, 1.82) is 0 Å². The van der Waals surface area contributed by atoms with Crippen LogP contribution >= 0.6 is 0 Å². The smallest absolute Gasteiger partial charge is 0.0594 e. The second kappa shape index (κ2) is 6.76. The van der Waals surface area contributed by atoms with Gasteiger partial charge in [0.2, 0.25) is 0 Å². The zero-order chi connectivity index (χ0) is 14.6. The maximum Gasteiger partial charge on any atom is 0.0594 e. The lowest BCUT2D eigenvalue weighted by Gasteiger charge is -2.41. The molecule has 0 spiro atoms. The zero-order valence-electron chi connectivity index (χ0n) is 14.0. The highest BCUT2D eigenvalue weighted by Gasteiger charge is 2.30. The van der Waals surface area contributed by atoms with E-state index in [0.29, 0.717) is 5.41 Å². The van der Waals surface area contributed by atoms with Crippen LogP contribution in [0.5, 0.6) is 0 Å². The molecule has 0 aromatic heterocycles. The molecule has 0 radical (unpaired) electrons. The molecule has 3 nitrogen and oxygen atoms in total. The third-order valence-electron chi connectivity index (χ3n) is 5.27. The van der Waals surface area contributed by atoms with Crippen molar-refractivity contribution in [3.8, 4) is 0 Å². The van der Waals surface area contributed by atoms with Gasteiger partial charge in [0.1, 0.15) is 0 Å². The van der Waals surface area contributed by atoms with Gasteiger partial charge in [-0.1, -0.05) is 20.3 Å². The first-order valence-electron chi connectivity index (χ1n) is 8.45. The Kier molecular flexibility index (Phi) is 5.49. The van der Waals surface area contributed by atoms with Crippen LogP contribution in [0.25, 0.3) is 0 Å². The fourth-order valence-corrected chi connectivity index (χ4v) is 3.54. The Morgan fingerprint density at radius 1 is 1.15 bits per heavy atom. The van der Waals surface area contributed by atoms with Crippen molar-refractivity contribution in [3.63, 3.8) is 0 Å². The molecule has 0 amide bonds. The highest BCUT2D eigenvalue weighted by molar-refractivity contribution is 4.88. The topological polar surface area (TPSA) is 24.5 Å². The van der Waals surface area contributed by atoms with E-state index in [1.807, 2.05) is 0 Å². The van der Waals surface area contributed by atoms with Crippen LogP contribution in [0.2, 0.25) is 0 Å². The summed E-state index contributed by atoms with van der Waals surface area (Å²) in [7, 11) is 0. The molecule has 1 aliphatic carbocycles. The summed E-state index contributed by atoms with van der Waals surface area (Å²) < 4.78 is 5.47. The molecule has 1 N–H and O–H groups in total. The summed E-state index contributed by atoms with van der Waals surface area (Å²) in [4.78, 5) is 2.57. The van der Waals surface area contributed by atoms with Crippen molar-refractivity contribution >= 4 is 0 Å². The molecule has 3 heteroatoms. The third-order valence-corrected chi connectivity index (χ3v) is 5.27. The lowest BCUT2D eigenvalue weighted by molar-refractivity contribution is -0.0105. The third kappa shape index (κ3) is 4.71. The van der Waals surface area contributed by atoms with Gasteiger partial charge >= 0.3 is 0 Å². The molecule has 0 bridgehead atoms. The molecule has 2 fully saturated rings. The maximum atomic E-state index is 5.47. The number of morpholine rings is 1. The van der Waals surface area contributed by atoms with Gasteiger partial charge in [-0.3, -0.25) is 4.90 Å². The monoisotopic (exact) mass is 282 g/mol. The maximum absolute atomic E-state index is 5.47. The Hall–Kier alpha value is -0.120. The highest BCUT2D eigenvalue weighted by atomic mass is 16.5. The molecule has 1 saturated heterocycles. The van der Waals surface area contributed by atoms with Gasteiger partial charge in [0.25, 0.3) is 0 Å². The molecule has 20 heavy (non-hydrogen) atoms. The van der Waals surface area contributed by atoms with Crippen LogP contribution in [-0.2, 0) is 4.74 Å². The van der Waals surface area contributed by atoms with E-state index >= 15 is 0 Å². The van der Waals surface area contributed by atoms with E-state index in [1.54, 1.807) is 0 Å². The van der Waals surface area contributed by atoms with E-state index < -0.39 is 0 Å². The first-order valence-corrected chi connectivity index (χ1v) is 8.45. The van der Waals surface area contributed by atoms with Gasteiger partial charge in [0.15, 0.2) is 0 Å². The Balaban J connectivity index is 1.78. The lowest BCUT2D eigenvalue weighted by Crippen LogP contribution is -2.55. The first-order chi connectivity index (χ1) is 9.39. The molecule has 2 rings (SSSR count). The van der Waals surface area contributed by atoms with Crippen LogP contribution in [-0.4, -0.2) is 49.3 Å². The summed E-state index contributed by atoms with van der Waals surface area (Å²) in [5, 5.41) is 3.85. The minimum absolute atomic E-state index is 0.242. The summed E-state index contributed by atoms with van der Waals surface area (Å²) in [6, 6.07) is 0.720. The fourth-order valence-electron chi connectivity index (χ4n) is 3.54. The number of nitrogens with one attached hydrogen (secondary N) is 1. The molecule has 2 aliphatic rings. The predicted molar refractivity (Wildman–Crippen MR) is 85.1 cm³/mol. The lowest BCUT2D eigenvalue weighted by atomic mass is 9.85. The van der Waals surface area contributed by atoms with Crippen molar-refractivity contribution in [2.24, 2.45) is 5.41 Å². The summed E-state index contributed by atoms with van der Waals surface area (Å²) in [5.74, 6) is 0. The Labute approximate surface area is 125 Å². The Morgan fingerprint density at radius 2 is 1.85 bits per heavy atom. The molecule has 1 unspecified atom stereocenters. The van der Waals surface area contributed by atoms with Gasteiger partial charge in [-0.05, 0) is 44.9 Å². The highest BCUT2D eigenvalue weighted by Crippen LogP contribution is 2.33. The van der Waals surface area contributed by atoms with Gasteiger partial charge in [-0.25, -0.2) is 0 Å². The molecule has 0 aromatic rings. The summed E-state index contributed by atoms with van der Waals surface area (Å²) in [5.41, 5.74) is 0.793. The largest absolute Gasteiger partial charge is 0.379 e. The van der Waals surface area contributed by atoms with Gasteiger partial charge in [0.05, 0.1) is 13.2 Å². The van der Waals surface area contributed by atoms with E-state index in [1.165, 1.54) is 32.1 Å². The van der Waals surface area contributed by atoms with E-state index in [4.69, 9.17) is 4.74 Å². The molecule has 1 atom stereocenters. The number of ether oxygens (including phenoxy) is 1. The standard InChI is InChI=1S/C17H34N2O/c1-16(2)8-5-6-15(7-9-16)18-14-17(3,4)19-10-12-20-13-11-19/h15,18H,5-14H2,1-4H3. The van der Waals surface area contributed by atoms with Crippen LogP contribution in [0.3, 0.4) is 0 Å². The molecule has 1 aliphatic heterocycles. The predicted octanol–water partition coefficient (Wildman–Crippen LogP) is 3.05. The zero-order valence-corrected chi connectivity index (χ0v) is 14.0. The van der Waals surface area contributed by atoms with Crippen LogP contribution in [0.15, 0.2) is 0 Å². The number of nitrogens with zero attached hydrogens (tertiary/aromatic N) is 1. The minimum Gasteiger partial charge on any atom is -0.379 e. The van der Waals surface area contributed by atoms with Gasteiger partial charge in [-0.15, -0.1) is 0 Å². The molecular weight excluding hydrogens is 248 g/mol. The molecule has 118 valence electrons. The van der Waals surface area contributed by atoms with E-state index in [2.05, 4.69) is 37.9 Å². The second-order valence-electron chi connectivity index (χ2n) is 8.08. The van der Waals surface area contributed by atoms with E-state index in [0.717, 1.165) is 38.9 Å². The van der Waals surface area contributed by atoms with Crippen molar-refractivity contribution in [3.05, 3.63) is 0 Å². The minimum atomic E-state index is 0.242. The van der Waals surface area contributed by atoms with Gasteiger partial charge in [-0.2, -0.15) is 0 Å². The van der Waals surface area contributed by atoms with Crippen LogP contribution in [0.1, 0.15) is 59.8 Å². The van der Waals surface area contributed by atoms with E-state index in [-0.39, 0.29) is 5.54 Å². The Morgan fingerprint density at radius 3 is 2.55 bits per heavy atom. The van der Waals surface area contributed by atoms with Crippen LogP contribution < -0.4 is 5.32 Å². The average Bonchev–Trinajstić information content (AvgIpc) is 2.59. The van der Waals surface area contributed by atoms with Crippen molar-refractivity contribution in [2.45, 2.75) is 71.4 Å². The molecule has 1 heterocycles. The normalized spacial score (nSPS) is 29.1. The van der Waals surface area contributed by atoms with E-state index in [9.17, 15) is 0 Å². The van der Waals surface area contributed by atoms with Crippen molar-refractivity contribution < 1.29 is 4.74 Å². The number of rotatable bonds is 4. The summed E-state index contributed by atoms with van der Waals surface area (Å²) in [6.45, 7) is 14.6. The Bertz CT molecular complexity index is 295. The molecule has 0 aromatic carbocycles. The fraction of sp³-hybridized carbons (Fsp3) is 1.00. The number of hydrogen-bond acceptors (Lipinski definition) is 3. The summed E-state index contributed by atoms with van der Waals surface area (Å²) in [6.07, 6.45) is 6.82. The van der Waals surface area contributed by atoms with Crippen molar-refractivity contribution in [2.75, 3.05) is 32.8 Å². The summed E-state index contributed by atoms with van der Waals surface area (Å²) >= 11 is 0. The SMILES string of the molecule is CC1(C)CCCC(NCC(C)(C)N2CCOCC2)CC1.